The van der Waals surface area contributed by atoms with E-state index in [0.29, 0.717) is 36.5 Å². The van der Waals surface area contributed by atoms with Gasteiger partial charge in [0.05, 0.1) is 11.0 Å². The minimum absolute atomic E-state index is 0.0617. The minimum atomic E-state index is -1.13. The first-order valence-electron chi connectivity index (χ1n) is 13.2. The molecule has 4 atom stereocenters. The van der Waals surface area contributed by atoms with E-state index in [0.717, 1.165) is 40.6 Å². The van der Waals surface area contributed by atoms with E-state index in [1.54, 1.807) is 6.07 Å². The Labute approximate surface area is 210 Å². The molecular weight excluding hydrogens is 450 g/mol. The van der Waals surface area contributed by atoms with Crippen LogP contribution < -0.4 is 4.74 Å². The van der Waals surface area contributed by atoms with Crippen LogP contribution in [0.15, 0.2) is 60.2 Å². The molecule has 5 heteroatoms. The molecule has 5 aliphatic rings. The highest BCUT2D eigenvalue weighted by molar-refractivity contribution is 6.06. The maximum absolute atomic E-state index is 14.0. The summed E-state index contributed by atoms with van der Waals surface area (Å²) in [5.74, 6) is 1.12. The summed E-state index contributed by atoms with van der Waals surface area (Å²) in [5, 5.41) is 25.7. The topological polar surface area (TPSA) is 70.0 Å². The number of aliphatic hydroxyl groups is 1. The molecule has 0 aromatic heterocycles. The number of phenols is 1. The van der Waals surface area contributed by atoms with Crippen LogP contribution in [0.1, 0.15) is 42.4 Å². The fourth-order valence-corrected chi connectivity index (χ4v) is 7.81. The zero-order valence-electron chi connectivity index (χ0n) is 20.1. The molecule has 2 N–H and O–H groups in total. The molecule has 182 valence electrons. The lowest BCUT2D eigenvalue weighted by atomic mass is 9.48. The largest absolute Gasteiger partial charge is 0.504 e. The van der Waals surface area contributed by atoms with Gasteiger partial charge < -0.3 is 14.9 Å². The second-order valence-corrected chi connectivity index (χ2v) is 11.6. The number of rotatable bonds is 3. The lowest BCUT2D eigenvalue weighted by Crippen LogP contribution is -2.77. The number of carbonyl (C=O) groups excluding carboxylic acids is 1. The average molecular weight is 480 g/mol. The van der Waals surface area contributed by atoms with Gasteiger partial charge in [-0.3, -0.25) is 9.69 Å². The van der Waals surface area contributed by atoms with E-state index < -0.39 is 17.1 Å². The normalized spacial score (nSPS) is 33.6. The summed E-state index contributed by atoms with van der Waals surface area (Å²) < 4.78 is 6.33. The Kier molecular flexibility index (Phi) is 4.07. The van der Waals surface area contributed by atoms with Crippen molar-refractivity contribution in [2.24, 2.45) is 5.92 Å². The zero-order chi connectivity index (χ0) is 24.2. The molecule has 1 saturated heterocycles. The highest BCUT2D eigenvalue weighted by Crippen LogP contribution is 2.65. The van der Waals surface area contributed by atoms with Crippen LogP contribution in [0.3, 0.4) is 0 Å². The summed E-state index contributed by atoms with van der Waals surface area (Å²) in [6.07, 6.45) is 5.34. The lowest BCUT2D eigenvalue weighted by molar-refractivity contribution is -0.179. The van der Waals surface area contributed by atoms with Gasteiger partial charge in [-0.1, -0.05) is 42.5 Å². The van der Waals surface area contributed by atoms with E-state index in [2.05, 4.69) is 29.2 Å². The van der Waals surface area contributed by atoms with Gasteiger partial charge in [0.2, 0.25) is 0 Å². The van der Waals surface area contributed by atoms with Gasteiger partial charge in [0, 0.05) is 30.1 Å². The molecule has 3 aromatic rings. The first-order valence-corrected chi connectivity index (χ1v) is 13.2. The molecule has 36 heavy (non-hydrogen) atoms. The first kappa shape index (κ1) is 21.0. The van der Waals surface area contributed by atoms with Crippen molar-refractivity contribution in [1.29, 1.82) is 0 Å². The van der Waals surface area contributed by atoms with E-state index in [-0.39, 0.29) is 17.6 Å². The van der Waals surface area contributed by atoms with Crippen molar-refractivity contribution in [3.8, 4) is 11.5 Å². The number of aromatic hydroxyl groups is 1. The van der Waals surface area contributed by atoms with Gasteiger partial charge in [-0.15, -0.1) is 0 Å². The predicted molar refractivity (Wildman–Crippen MR) is 137 cm³/mol. The maximum Gasteiger partial charge on any atom is 0.200 e. The van der Waals surface area contributed by atoms with E-state index in [1.807, 2.05) is 30.3 Å². The third kappa shape index (κ3) is 2.60. The van der Waals surface area contributed by atoms with Crippen LogP contribution in [-0.2, 0) is 16.6 Å². The number of Topliss-reactive ketones (excluding diaryl/α,β-unsaturated/α-hetero) is 1. The number of hydrogen-bond acceptors (Lipinski definition) is 5. The van der Waals surface area contributed by atoms with Crippen molar-refractivity contribution in [3.05, 3.63) is 76.9 Å². The van der Waals surface area contributed by atoms with Gasteiger partial charge >= 0.3 is 0 Å². The monoisotopic (exact) mass is 479 g/mol. The average Bonchev–Trinajstić information content (AvgIpc) is 3.62. The molecule has 3 fully saturated rings. The first-order chi connectivity index (χ1) is 17.5. The Morgan fingerprint density at radius 1 is 1.08 bits per heavy atom. The molecule has 2 aliphatic heterocycles. The van der Waals surface area contributed by atoms with Crippen LogP contribution in [-0.4, -0.2) is 51.7 Å². The Morgan fingerprint density at radius 2 is 1.92 bits per heavy atom. The van der Waals surface area contributed by atoms with Crippen LogP contribution in [0.4, 0.5) is 0 Å². The second kappa shape index (κ2) is 6.99. The highest BCUT2D eigenvalue weighted by atomic mass is 16.5. The number of fused-ring (bicyclic) bond motifs is 1. The SMILES string of the molecule is O=C1/C(=C/c2ccc3ccccc3c2)C[C@@]2(O)[C@H]3Cc4ccc(O)c5c4C2(CCN3CC2CC2)[C@H]1O5. The molecule has 5 nitrogen and oxygen atoms in total. The van der Waals surface area contributed by atoms with Gasteiger partial charge in [0.25, 0.3) is 0 Å². The minimum Gasteiger partial charge on any atom is -0.504 e. The number of nitrogens with zero attached hydrogens (tertiary/aromatic N) is 1. The van der Waals surface area contributed by atoms with Crippen LogP contribution in [0, 0.1) is 5.92 Å². The summed E-state index contributed by atoms with van der Waals surface area (Å²) >= 11 is 0. The number of likely N-dealkylation sites (tertiary alicyclic amines) is 1. The van der Waals surface area contributed by atoms with Crippen molar-refractivity contribution < 1.29 is 19.7 Å². The van der Waals surface area contributed by atoms with Gasteiger partial charge in [-0.25, -0.2) is 0 Å². The maximum atomic E-state index is 14.0. The molecular formula is C31H29NO4. The van der Waals surface area contributed by atoms with Crippen LogP contribution >= 0.6 is 0 Å². The number of hydrogen-bond donors (Lipinski definition) is 2. The summed E-state index contributed by atoms with van der Waals surface area (Å²) in [4.78, 5) is 16.5. The van der Waals surface area contributed by atoms with Crippen molar-refractivity contribution in [1.82, 2.24) is 4.90 Å². The molecule has 2 bridgehead atoms. The molecule has 8 rings (SSSR count). The van der Waals surface area contributed by atoms with Crippen molar-refractivity contribution in [3.63, 3.8) is 0 Å². The third-order valence-electron chi connectivity index (χ3n) is 9.64. The number of phenolic OH excluding ortho intramolecular Hbond substituents is 1. The smallest absolute Gasteiger partial charge is 0.200 e. The summed E-state index contributed by atoms with van der Waals surface area (Å²) in [6.45, 7) is 1.85. The summed E-state index contributed by atoms with van der Waals surface area (Å²) in [7, 11) is 0. The van der Waals surface area contributed by atoms with Crippen molar-refractivity contribution in [2.75, 3.05) is 13.1 Å². The predicted octanol–water partition coefficient (Wildman–Crippen LogP) is 4.37. The summed E-state index contributed by atoms with van der Waals surface area (Å²) in [6, 6.07) is 18.0. The van der Waals surface area contributed by atoms with Crippen molar-refractivity contribution >= 4 is 22.6 Å². The molecule has 1 unspecified atom stereocenters. The third-order valence-corrected chi connectivity index (χ3v) is 9.64. The number of carbonyl (C=O) groups is 1. The fraction of sp³-hybridized carbons (Fsp3) is 0.387. The standard InChI is InChI=1S/C31H29NO4/c33-24-10-9-22-15-25-31(35)16-23(14-19-7-8-20-3-1-2-4-21(20)13-19)27(34)29-30(31,26(22)28(24)36-29)11-12-32(25)17-18-5-6-18/h1-4,7-10,13-14,18,25,29,33,35H,5-6,11-12,15-17H2/b23-14+/t25-,29+,30?,31-/m1/s1. The molecule has 3 aliphatic carbocycles. The zero-order valence-corrected chi connectivity index (χ0v) is 20.1. The van der Waals surface area contributed by atoms with Gasteiger partial charge in [-0.2, -0.15) is 0 Å². The lowest BCUT2D eigenvalue weighted by Gasteiger charge is -2.62. The molecule has 3 aromatic carbocycles. The molecule has 2 heterocycles. The molecule has 0 amide bonds. The van der Waals surface area contributed by atoms with Gasteiger partial charge in [0.1, 0.15) is 0 Å². The molecule has 2 saturated carbocycles. The number of ether oxygens (including phenoxy) is 1. The number of piperidine rings is 1. The Balaban J connectivity index is 1.29. The molecule has 0 radical (unpaired) electrons. The van der Waals surface area contributed by atoms with E-state index >= 15 is 0 Å². The Bertz CT molecular complexity index is 1490. The van der Waals surface area contributed by atoms with E-state index in [4.69, 9.17) is 4.74 Å². The van der Waals surface area contributed by atoms with Gasteiger partial charge in [0.15, 0.2) is 23.4 Å². The number of ketones is 1. The van der Waals surface area contributed by atoms with Crippen LogP contribution in [0.5, 0.6) is 11.5 Å². The Morgan fingerprint density at radius 3 is 2.75 bits per heavy atom. The van der Waals surface area contributed by atoms with Crippen LogP contribution in [0.25, 0.3) is 16.8 Å². The fourth-order valence-electron chi connectivity index (χ4n) is 7.81. The Hall–Kier alpha value is -3.15. The quantitative estimate of drug-likeness (QED) is 0.546. The summed E-state index contributed by atoms with van der Waals surface area (Å²) in [5.41, 5.74) is 1.62. The number of benzene rings is 3. The van der Waals surface area contributed by atoms with E-state index in [1.165, 1.54) is 12.8 Å². The highest BCUT2D eigenvalue weighted by Gasteiger charge is 2.74. The second-order valence-electron chi connectivity index (χ2n) is 11.6. The van der Waals surface area contributed by atoms with Gasteiger partial charge in [-0.05, 0) is 78.3 Å². The van der Waals surface area contributed by atoms with Crippen molar-refractivity contribution in [2.45, 2.75) is 55.3 Å². The molecule has 1 spiro atoms. The van der Waals surface area contributed by atoms with E-state index in [9.17, 15) is 15.0 Å². The van der Waals surface area contributed by atoms with Crippen LogP contribution in [0.2, 0.25) is 0 Å².